The van der Waals surface area contributed by atoms with Gasteiger partial charge in [0, 0.05) is 25.2 Å². The Morgan fingerprint density at radius 3 is 2.67 bits per heavy atom. The lowest BCUT2D eigenvalue weighted by Crippen LogP contribution is -2.60. The summed E-state index contributed by atoms with van der Waals surface area (Å²) in [6.45, 7) is 1.15. The molecule has 1 aromatic carbocycles. The van der Waals surface area contributed by atoms with E-state index in [-0.39, 0.29) is 24.7 Å². The van der Waals surface area contributed by atoms with Crippen LogP contribution in [0.1, 0.15) is 23.6 Å². The first-order valence-corrected chi connectivity index (χ1v) is 9.33. The molecule has 0 bridgehead atoms. The third-order valence-corrected chi connectivity index (χ3v) is 6.00. The highest BCUT2D eigenvalue weighted by molar-refractivity contribution is 5.70. The minimum absolute atomic E-state index is 0.160. The Balaban J connectivity index is 1.57. The third-order valence-electron chi connectivity index (χ3n) is 6.00. The molecular formula is C19H26FN3O4. The molecule has 1 aromatic rings. The minimum Gasteiger partial charge on any atom is -0.493 e. The van der Waals surface area contributed by atoms with E-state index in [2.05, 4.69) is 4.90 Å². The van der Waals surface area contributed by atoms with Gasteiger partial charge in [0.1, 0.15) is 12.8 Å². The molecule has 8 heteroatoms. The topological polar surface area (TPSA) is 77.3 Å². The number of amides is 1. The Hall–Kier alpha value is -2.06. The second kappa shape index (κ2) is 7.16. The van der Waals surface area contributed by atoms with Crippen molar-refractivity contribution in [2.45, 2.75) is 37.1 Å². The number of carbonyl (C=O) groups is 1. The van der Waals surface area contributed by atoms with Gasteiger partial charge in [-0.15, -0.1) is 0 Å². The SMILES string of the molecule is COc1cc2c(cc1OC)[C@@H]1C[C@H](N)C(N3CC(CF)OC3=O)CN1CC2. The summed E-state index contributed by atoms with van der Waals surface area (Å²) < 4.78 is 28.9. The van der Waals surface area contributed by atoms with Crippen LogP contribution >= 0.6 is 0 Å². The van der Waals surface area contributed by atoms with Crippen molar-refractivity contribution in [2.24, 2.45) is 5.73 Å². The molecule has 1 amide bonds. The third kappa shape index (κ3) is 3.10. The number of hydrogen-bond donors (Lipinski definition) is 1. The molecule has 0 aliphatic carbocycles. The summed E-state index contributed by atoms with van der Waals surface area (Å²) >= 11 is 0. The molecular weight excluding hydrogens is 353 g/mol. The van der Waals surface area contributed by atoms with Gasteiger partial charge < -0.3 is 19.9 Å². The van der Waals surface area contributed by atoms with Crippen LogP contribution in [0.25, 0.3) is 0 Å². The lowest BCUT2D eigenvalue weighted by atomic mass is 9.83. The lowest BCUT2D eigenvalue weighted by molar-refractivity contribution is 0.0566. The van der Waals surface area contributed by atoms with E-state index in [1.54, 1.807) is 19.1 Å². The number of fused-ring (bicyclic) bond motifs is 3. The van der Waals surface area contributed by atoms with Crippen LogP contribution in [0.4, 0.5) is 9.18 Å². The van der Waals surface area contributed by atoms with E-state index in [9.17, 15) is 9.18 Å². The molecule has 4 atom stereocenters. The maximum absolute atomic E-state index is 12.9. The molecule has 3 aliphatic heterocycles. The number of nitrogens with two attached hydrogens (primary N) is 1. The second-order valence-corrected chi connectivity index (χ2v) is 7.45. The summed E-state index contributed by atoms with van der Waals surface area (Å²) in [4.78, 5) is 16.1. The van der Waals surface area contributed by atoms with Crippen LogP contribution in [0.3, 0.4) is 0 Å². The van der Waals surface area contributed by atoms with Gasteiger partial charge in [-0.05, 0) is 36.1 Å². The summed E-state index contributed by atoms with van der Waals surface area (Å²) in [6.07, 6.45) is 0.477. The lowest BCUT2D eigenvalue weighted by Gasteiger charge is -2.48. The van der Waals surface area contributed by atoms with E-state index in [0.717, 1.165) is 25.1 Å². The molecule has 2 saturated heterocycles. The average molecular weight is 379 g/mol. The first-order chi connectivity index (χ1) is 13.0. The summed E-state index contributed by atoms with van der Waals surface area (Å²) in [6, 6.07) is 3.91. The first-order valence-electron chi connectivity index (χ1n) is 9.33. The van der Waals surface area contributed by atoms with E-state index in [4.69, 9.17) is 19.9 Å². The number of hydrogen-bond acceptors (Lipinski definition) is 6. The molecule has 27 heavy (non-hydrogen) atoms. The molecule has 2 N–H and O–H groups in total. The molecule has 148 valence electrons. The number of methoxy groups -OCH3 is 2. The first kappa shape index (κ1) is 18.3. The molecule has 2 fully saturated rings. The van der Waals surface area contributed by atoms with Gasteiger partial charge >= 0.3 is 6.09 Å². The van der Waals surface area contributed by atoms with E-state index < -0.39 is 18.9 Å². The Kier molecular flexibility index (Phi) is 4.86. The standard InChI is InChI=1S/C19H26FN3O4/c1-25-17-5-11-3-4-22-10-16(23-9-12(8-20)27-19(23)24)14(21)7-15(22)13(11)6-18(17)26-2/h5-6,12,14-16H,3-4,7-10,21H2,1-2H3/t12?,14-,15-,16?/m0/s1. The number of carbonyl (C=O) groups excluding carboxylic acids is 1. The second-order valence-electron chi connectivity index (χ2n) is 7.45. The van der Waals surface area contributed by atoms with Gasteiger partial charge in [-0.1, -0.05) is 0 Å². The normalized spacial score (nSPS) is 30.5. The van der Waals surface area contributed by atoms with Crippen molar-refractivity contribution in [1.82, 2.24) is 9.80 Å². The van der Waals surface area contributed by atoms with Crippen LogP contribution in [-0.2, 0) is 11.2 Å². The number of piperidine rings is 1. The Labute approximate surface area is 158 Å². The van der Waals surface area contributed by atoms with Gasteiger partial charge in [0.2, 0.25) is 0 Å². The fraction of sp³-hybridized carbons (Fsp3) is 0.632. The van der Waals surface area contributed by atoms with Gasteiger partial charge in [0.25, 0.3) is 0 Å². The van der Waals surface area contributed by atoms with Crippen molar-refractivity contribution in [3.05, 3.63) is 23.3 Å². The van der Waals surface area contributed by atoms with E-state index >= 15 is 0 Å². The summed E-state index contributed by atoms with van der Waals surface area (Å²) in [5.41, 5.74) is 8.93. The molecule has 0 aromatic heterocycles. The zero-order valence-electron chi connectivity index (χ0n) is 15.7. The maximum Gasteiger partial charge on any atom is 0.410 e. The molecule has 0 saturated carbocycles. The van der Waals surface area contributed by atoms with Gasteiger partial charge in [-0.25, -0.2) is 9.18 Å². The van der Waals surface area contributed by atoms with Crippen molar-refractivity contribution < 1.29 is 23.4 Å². The summed E-state index contributed by atoms with van der Waals surface area (Å²) in [5, 5.41) is 0. The summed E-state index contributed by atoms with van der Waals surface area (Å²) in [5.74, 6) is 1.45. The number of halogens is 1. The van der Waals surface area contributed by atoms with E-state index in [0.29, 0.717) is 12.3 Å². The van der Waals surface area contributed by atoms with Crippen LogP contribution in [0.15, 0.2) is 12.1 Å². The predicted octanol–water partition coefficient (Wildman–Crippen LogP) is 1.49. The summed E-state index contributed by atoms with van der Waals surface area (Å²) in [7, 11) is 3.27. The van der Waals surface area contributed by atoms with Crippen molar-refractivity contribution in [3.63, 3.8) is 0 Å². The number of alkyl halides is 1. The highest BCUT2D eigenvalue weighted by Crippen LogP contribution is 2.42. The highest BCUT2D eigenvalue weighted by atomic mass is 19.1. The van der Waals surface area contributed by atoms with Gasteiger partial charge in [-0.3, -0.25) is 9.80 Å². The quantitative estimate of drug-likeness (QED) is 0.854. The number of cyclic esters (lactones) is 1. The van der Waals surface area contributed by atoms with Crippen LogP contribution in [0, 0.1) is 0 Å². The van der Waals surface area contributed by atoms with Crippen molar-refractivity contribution in [3.8, 4) is 11.5 Å². The van der Waals surface area contributed by atoms with Crippen molar-refractivity contribution in [2.75, 3.05) is 40.5 Å². The Morgan fingerprint density at radius 1 is 1.26 bits per heavy atom. The average Bonchev–Trinajstić information content (AvgIpc) is 3.06. The molecule has 0 radical (unpaired) electrons. The molecule has 3 aliphatic rings. The molecule has 0 spiro atoms. The molecule has 7 nitrogen and oxygen atoms in total. The zero-order chi connectivity index (χ0) is 19.1. The van der Waals surface area contributed by atoms with Crippen LogP contribution in [0.5, 0.6) is 11.5 Å². The van der Waals surface area contributed by atoms with Gasteiger partial charge in [-0.2, -0.15) is 0 Å². The fourth-order valence-electron chi connectivity index (χ4n) is 4.59. The van der Waals surface area contributed by atoms with E-state index in [1.807, 2.05) is 12.1 Å². The number of ether oxygens (including phenoxy) is 3. The fourth-order valence-corrected chi connectivity index (χ4v) is 4.59. The van der Waals surface area contributed by atoms with Crippen molar-refractivity contribution in [1.29, 1.82) is 0 Å². The highest BCUT2D eigenvalue weighted by Gasteiger charge is 2.45. The van der Waals surface area contributed by atoms with Crippen LogP contribution in [-0.4, -0.2) is 74.6 Å². The predicted molar refractivity (Wildman–Crippen MR) is 96.9 cm³/mol. The van der Waals surface area contributed by atoms with Crippen LogP contribution < -0.4 is 15.2 Å². The number of nitrogens with zero attached hydrogens (tertiary/aromatic N) is 2. The molecule has 4 rings (SSSR count). The van der Waals surface area contributed by atoms with Gasteiger partial charge in [0.15, 0.2) is 11.5 Å². The molecule has 2 unspecified atom stereocenters. The monoisotopic (exact) mass is 379 g/mol. The Morgan fingerprint density at radius 2 is 2.00 bits per heavy atom. The smallest absolute Gasteiger partial charge is 0.410 e. The van der Waals surface area contributed by atoms with Gasteiger partial charge in [0.05, 0.1) is 26.8 Å². The van der Waals surface area contributed by atoms with Crippen LogP contribution in [0.2, 0.25) is 0 Å². The molecule has 3 heterocycles. The number of rotatable bonds is 4. The zero-order valence-corrected chi connectivity index (χ0v) is 15.7. The maximum atomic E-state index is 12.9. The largest absolute Gasteiger partial charge is 0.493 e. The number of benzene rings is 1. The Bertz CT molecular complexity index is 731. The van der Waals surface area contributed by atoms with Crippen molar-refractivity contribution >= 4 is 6.09 Å². The minimum atomic E-state index is -0.679. The van der Waals surface area contributed by atoms with E-state index in [1.165, 1.54) is 11.1 Å².